The lowest BCUT2D eigenvalue weighted by atomic mass is 10.0. The van der Waals surface area contributed by atoms with Crippen molar-refractivity contribution < 1.29 is 4.79 Å². The first-order valence-corrected chi connectivity index (χ1v) is 6.44. The van der Waals surface area contributed by atoms with Crippen LogP contribution in [0.25, 0.3) is 0 Å². The smallest absolute Gasteiger partial charge is 0.193 e. The molecule has 0 N–H and O–H groups in total. The van der Waals surface area contributed by atoms with Crippen LogP contribution in [-0.2, 0) is 0 Å². The fourth-order valence-corrected chi connectivity index (χ4v) is 1.97. The number of halogens is 1. The predicted octanol–water partition coefficient (Wildman–Crippen LogP) is 4.37. The second kappa shape index (κ2) is 5.28. The van der Waals surface area contributed by atoms with Crippen LogP contribution >= 0.6 is 15.9 Å². The number of rotatable bonds is 3. The van der Waals surface area contributed by atoms with Gasteiger partial charge in [0.05, 0.1) is 0 Å². The Morgan fingerprint density at radius 1 is 1.00 bits per heavy atom. The van der Waals surface area contributed by atoms with Crippen LogP contribution in [0.3, 0.4) is 0 Å². The number of benzene rings is 2. The maximum atomic E-state index is 12.2. The lowest BCUT2D eigenvalue weighted by molar-refractivity contribution is 0.103. The minimum Gasteiger partial charge on any atom is -0.289 e. The summed E-state index contributed by atoms with van der Waals surface area (Å²) in [6.45, 7) is 2.05. The predicted molar refractivity (Wildman–Crippen MR) is 73.7 cm³/mol. The average molecular weight is 289 g/mol. The highest BCUT2D eigenvalue weighted by Gasteiger charge is 2.10. The number of hydrogen-bond donors (Lipinski definition) is 0. The van der Waals surface area contributed by atoms with Gasteiger partial charge < -0.3 is 0 Å². The molecule has 0 amide bonds. The Kier molecular flexibility index (Phi) is 3.75. The maximum Gasteiger partial charge on any atom is 0.193 e. The van der Waals surface area contributed by atoms with Gasteiger partial charge in [-0.1, -0.05) is 64.5 Å². The molecule has 0 radical (unpaired) electrons. The van der Waals surface area contributed by atoms with E-state index >= 15 is 0 Å². The van der Waals surface area contributed by atoms with Crippen molar-refractivity contribution in [1.29, 1.82) is 0 Å². The lowest BCUT2D eigenvalue weighted by Gasteiger charge is -2.06. The molecule has 2 heteroatoms. The Morgan fingerprint density at radius 2 is 1.65 bits per heavy atom. The van der Waals surface area contributed by atoms with Crippen molar-refractivity contribution in [2.45, 2.75) is 11.8 Å². The fourth-order valence-electron chi connectivity index (χ4n) is 1.68. The van der Waals surface area contributed by atoms with Crippen molar-refractivity contribution in [2.24, 2.45) is 0 Å². The molecule has 0 aromatic heterocycles. The summed E-state index contributed by atoms with van der Waals surface area (Å²) in [5.41, 5.74) is 2.58. The molecule has 0 bridgehead atoms. The first-order valence-electron chi connectivity index (χ1n) is 5.52. The second-order valence-electron chi connectivity index (χ2n) is 3.94. The van der Waals surface area contributed by atoms with Gasteiger partial charge in [-0.25, -0.2) is 0 Å². The van der Waals surface area contributed by atoms with Gasteiger partial charge in [0.15, 0.2) is 5.78 Å². The van der Waals surface area contributed by atoms with Crippen LogP contribution in [0.2, 0.25) is 0 Å². The molecule has 0 aliphatic carbocycles. The summed E-state index contributed by atoms with van der Waals surface area (Å²) >= 11 is 3.51. The summed E-state index contributed by atoms with van der Waals surface area (Å²) in [5.74, 6) is 0.0700. The zero-order valence-electron chi connectivity index (χ0n) is 9.56. The SMILES string of the molecule is C[C@H](Br)c1cccc(C(=O)c2ccccc2)c1. The van der Waals surface area contributed by atoms with E-state index in [-0.39, 0.29) is 10.6 Å². The average Bonchev–Trinajstić information content (AvgIpc) is 2.39. The Bertz CT molecular complexity index is 517. The molecule has 17 heavy (non-hydrogen) atoms. The van der Waals surface area contributed by atoms with E-state index in [2.05, 4.69) is 15.9 Å². The Balaban J connectivity index is 2.35. The maximum absolute atomic E-state index is 12.2. The number of carbonyl (C=O) groups excluding carboxylic acids is 1. The van der Waals surface area contributed by atoms with Crippen LogP contribution in [0.4, 0.5) is 0 Å². The van der Waals surface area contributed by atoms with E-state index in [1.165, 1.54) is 0 Å². The van der Waals surface area contributed by atoms with E-state index in [4.69, 9.17) is 0 Å². The lowest BCUT2D eigenvalue weighted by Crippen LogP contribution is -2.01. The second-order valence-corrected chi connectivity index (χ2v) is 5.31. The van der Waals surface area contributed by atoms with E-state index in [1.807, 2.05) is 61.5 Å². The van der Waals surface area contributed by atoms with Gasteiger partial charge in [-0.15, -0.1) is 0 Å². The van der Waals surface area contributed by atoms with Gasteiger partial charge in [-0.2, -0.15) is 0 Å². The molecule has 0 aliphatic heterocycles. The summed E-state index contributed by atoms with van der Waals surface area (Å²) < 4.78 is 0. The van der Waals surface area contributed by atoms with Crippen molar-refractivity contribution in [3.8, 4) is 0 Å². The summed E-state index contributed by atoms with van der Waals surface area (Å²) in [6.07, 6.45) is 0. The minimum absolute atomic E-state index is 0.0700. The fraction of sp³-hybridized carbons (Fsp3) is 0.133. The normalized spacial score (nSPS) is 12.1. The van der Waals surface area contributed by atoms with Crippen LogP contribution in [0.15, 0.2) is 54.6 Å². The molecule has 2 rings (SSSR count). The van der Waals surface area contributed by atoms with E-state index in [9.17, 15) is 4.79 Å². The third-order valence-electron chi connectivity index (χ3n) is 2.64. The van der Waals surface area contributed by atoms with Gasteiger partial charge in [-0.3, -0.25) is 4.79 Å². The molecule has 86 valence electrons. The number of hydrogen-bond acceptors (Lipinski definition) is 1. The molecular weight excluding hydrogens is 276 g/mol. The summed E-state index contributed by atoms with van der Waals surface area (Å²) in [7, 11) is 0. The molecule has 0 unspecified atom stereocenters. The van der Waals surface area contributed by atoms with E-state index in [1.54, 1.807) is 0 Å². The molecule has 0 aliphatic rings. The van der Waals surface area contributed by atoms with Gasteiger partial charge in [0, 0.05) is 16.0 Å². The van der Waals surface area contributed by atoms with Crippen molar-refractivity contribution in [2.75, 3.05) is 0 Å². The largest absolute Gasteiger partial charge is 0.289 e. The van der Waals surface area contributed by atoms with Gasteiger partial charge in [0.25, 0.3) is 0 Å². The van der Waals surface area contributed by atoms with Crippen LogP contribution < -0.4 is 0 Å². The molecule has 0 heterocycles. The Hall–Kier alpha value is -1.41. The van der Waals surface area contributed by atoms with Gasteiger partial charge in [0.2, 0.25) is 0 Å². The highest BCUT2D eigenvalue weighted by molar-refractivity contribution is 9.09. The number of carbonyl (C=O) groups is 1. The summed E-state index contributed by atoms with van der Waals surface area (Å²) in [5, 5.41) is 0. The van der Waals surface area contributed by atoms with Gasteiger partial charge >= 0.3 is 0 Å². The topological polar surface area (TPSA) is 17.1 Å². The third-order valence-corrected chi connectivity index (χ3v) is 3.17. The van der Waals surface area contributed by atoms with Gasteiger partial charge in [0.1, 0.15) is 0 Å². The monoisotopic (exact) mass is 288 g/mol. The zero-order chi connectivity index (χ0) is 12.3. The number of ketones is 1. The molecule has 0 fully saturated rings. The van der Waals surface area contributed by atoms with Crippen LogP contribution in [0.1, 0.15) is 33.2 Å². The van der Waals surface area contributed by atoms with E-state index in [0.717, 1.165) is 16.7 Å². The van der Waals surface area contributed by atoms with Crippen molar-refractivity contribution in [1.82, 2.24) is 0 Å². The van der Waals surface area contributed by atoms with Crippen molar-refractivity contribution in [3.05, 3.63) is 71.3 Å². The summed E-state index contributed by atoms with van der Waals surface area (Å²) in [6, 6.07) is 17.1. The van der Waals surface area contributed by atoms with E-state index in [0.29, 0.717) is 0 Å². The van der Waals surface area contributed by atoms with Crippen LogP contribution in [0, 0.1) is 0 Å². The van der Waals surface area contributed by atoms with Crippen molar-refractivity contribution in [3.63, 3.8) is 0 Å². The third kappa shape index (κ3) is 2.83. The molecule has 0 saturated heterocycles. The Labute approximate surface area is 110 Å². The van der Waals surface area contributed by atoms with Gasteiger partial charge in [-0.05, 0) is 18.6 Å². The molecule has 0 spiro atoms. The van der Waals surface area contributed by atoms with E-state index < -0.39 is 0 Å². The molecular formula is C15H13BrO. The summed E-state index contributed by atoms with van der Waals surface area (Å²) in [4.78, 5) is 12.5. The zero-order valence-corrected chi connectivity index (χ0v) is 11.1. The quantitative estimate of drug-likeness (QED) is 0.605. The number of alkyl halides is 1. The minimum atomic E-state index is 0.0700. The molecule has 1 nitrogen and oxygen atoms in total. The first kappa shape index (κ1) is 12.1. The van der Waals surface area contributed by atoms with Crippen molar-refractivity contribution >= 4 is 21.7 Å². The van der Waals surface area contributed by atoms with Crippen LogP contribution in [0.5, 0.6) is 0 Å². The molecule has 2 aromatic carbocycles. The first-order chi connectivity index (χ1) is 8.18. The highest BCUT2D eigenvalue weighted by atomic mass is 79.9. The molecule has 2 aromatic rings. The Morgan fingerprint density at radius 3 is 2.29 bits per heavy atom. The molecule has 1 atom stereocenters. The highest BCUT2D eigenvalue weighted by Crippen LogP contribution is 2.23. The molecule has 0 saturated carbocycles. The standard InChI is InChI=1S/C15H13BrO/c1-11(16)13-8-5-9-14(10-13)15(17)12-6-3-2-4-7-12/h2-11H,1H3/t11-/m0/s1. The van der Waals surface area contributed by atoms with Crippen LogP contribution in [-0.4, -0.2) is 5.78 Å².